The van der Waals surface area contributed by atoms with Crippen LogP contribution in [-0.2, 0) is 0 Å². The number of hydrogen-bond donors (Lipinski definition) is 0. The molecule has 0 nitrogen and oxygen atoms in total. The van der Waals surface area contributed by atoms with Crippen molar-refractivity contribution in [1.29, 1.82) is 0 Å². The SMILES string of the molecule is CCCCCCCCC1CSC(CCCCCCCC)CS1. The highest BCUT2D eigenvalue weighted by molar-refractivity contribution is 8.07. The van der Waals surface area contributed by atoms with E-state index < -0.39 is 0 Å². The van der Waals surface area contributed by atoms with Crippen molar-refractivity contribution in [1.82, 2.24) is 0 Å². The first kappa shape index (κ1) is 20.7. The van der Waals surface area contributed by atoms with Crippen molar-refractivity contribution in [3.05, 3.63) is 0 Å². The summed E-state index contributed by atoms with van der Waals surface area (Å²) < 4.78 is 0. The van der Waals surface area contributed by atoms with Crippen LogP contribution >= 0.6 is 23.5 Å². The summed E-state index contributed by atoms with van der Waals surface area (Å²) in [5.74, 6) is 2.86. The molecule has 1 aliphatic heterocycles. The van der Waals surface area contributed by atoms with Gasteiger partial charge in [0.05, 0.1) is 0 Å². The summed E-state index contributed by atoms with van der Waals surface area (Å²) >= 11 is 4.58. The maximum Gasteiger partial charge on any atom is 0.0138 e. The number of unbranched alkanes of at least 4 members (excludes halogenated alkanes) is 10. The van der Waals surface area contributed by atoms with E-state index in [0.29, 0.717) is 0 Å². The Morgan fingerprint density at radius 1 is 0.545 bits per heavy atom. The zero-order valence-electron chi connectivity index (χ0n) is 15.3. The predicted octanol–water partition coefficient (Wildman–Crippen LogP) is 7.70. The molecular weight excluding hydrogens is 304 g/mol. The monoisotopic (exact) mass is 344 g/mol. The van der Waals surface area contributed by atoms with Gasteiger partial charge in [0.2, 0.25) is 0 Å². The van der Waals surface area contributed by atoms with Gasteiger partial charge in [-0.15, -0.1) is 0 Å². The maximum absolute atomic E-state index is 2.30. The van der Waals surface area contributed by atoms with Crippen LogP contribution in [-0.4, -0.2) is 22.0 Å². The average molecular weight is 345 g/mol. The predicted molar refractivity (Wildman–Crippen MR) is 108 cm³/mol. The van der Waals surface area contributed by atoms with Gasteiger partial charge in [0.25, 0.3) is 0 Å². The normalized spacial score (nSPS) is 22.1. The van der Waals surface area contributed by atoms with Crippen LogP contribution in [0.1, 0.15) is 104 Å². The summed E-state index contributed by atoms with van der Waals surface area (Å²) in [7, 11) is 0. The second-order valence-electron chi connectivity index (χ2n) is 7.02. The van der Waals surface area contributed by atoms with Crippen LogP contribution < -0.4 is 0 Å². The molecule has 0 aromatic rings. The summed E-state index contributed by atoms with van der Waals surface area (Å²) in [5.41, 5.74) is 0. The number of rotatable bonds is 14. The second-order valence-corrected chi connectivity index (χ2v) is 9.69. The van der Waals surface area contributed by atoms with Gasteiger partial charge in [0.15, 0.2) is 0 Å². The molecule has 22 heavy (non-hydrogen) atoms. The highest BCUT2D eigenvalue weighted by Gasteiger charge is 2.21. The lowest BCUT2D eigenvalue weighted by molar-refractivity contribution is 0.583. The minimum absolute atomic E-state index is 0.969. The molecule has 132 valence electrons. The zero-order valence-corrected chi connectivity index (χ0v) is 16.9. The summed E-state index contributed by atoms with van der Waals surface area (Å²) in [5, 5.41) is 1.94. The van der Waals surface area contributed by atoms with Crippen molar-refractivity contribution >= 4 is 23.5 Å². The maximum atomic E-state index is 2.30. The van der Waals surface area contributed by atoms with Gasteiger partial charge in [-0.1, -0.05) is 90.9 Å². The van der Waals surface area contributed by atoms with Crippen molar-refractivity contribution < 1.29 is 0 Å². The van der Waals surface area contributed by atoms with Gasteiger partial charge in [-0.05, 0) is 12.8 Å². The van der Waals surface area contributed by atoms with Crippen LogP contribution in [0.25, 0.3) is 0 Å². The molecule has 1 saturated heterocycles. The van der Waals surface area contributed by atoms with E-state index in [0.717, 1.165) is 10.5 Å². The van der Waals surface area contributed by atoms with E-state index in [1.54, 1.807) is 0 Å². The summed E-state index contributed by atoms with van der Waals surface area (Å²) in [6.07, 6.45) is 20.3. The van der Waals surface area contributed by atoms with Crippen molar-refractivity contribution in [2.75, 3.05) is 11.5 Å². The Morgan fingerprint density at radius 3 is 1.27 bits per heavy atom. The lowest BCUT2D eigenvalue weighted by atomic mass is 10.1. The molecule has 0 aliphatic carbocycles. The summed E-state index contributed by atoms with van der Waals surface area (Å²) in [6.45, 7) is 4.61. The second kappa shape index (κ2) is 15.2. The molecule has 0 bridgehead atoms. The molecule has 1 heterocycles. The Labute approximate surface area is 149 Å². The molecule has 1 rings (SSSR count). The fourth-order valence-electron chi connectivity index (χ4n) is 3.22. The van der Waals surface area contributed by atoms with Crippen molar-refractivity contribution in [2.45, 2.75) is 114 Å². The van der Waals surface area contributed by atoms with Crippen LogP contribution in [0.15, 0.2) is 0 Å². The molecule has 0 radical (unpaired) electrons. The molecule has 2 atom stereocenters. The molecule has 2 heteroatoms. The van der Waals surface area contributed by atoms with Crippen molar-refractivity contribution in [2.24, 2.45) is 0 Å². The number of thioether (sulfide) groups is 2. The average Bonchev–Trinajstić information content (AvgIpc) is 2.55. The van der Waals surface area contributed by atoms with Crippen LogP contribution in [0.5, 0.6) is 0 Å². The van der Waals surface area contributed by atoms with E-state index in [4.69, 9.17) is 0 Å². The molecular formula is C20H40S2. The first-order valence-electron chi connectivity index (χ1n) is 10.1. The summed E-state index contributed by atoms with van der Waals surface area (Å²) in [6, 6.07) is 0. The van der Waals surface area contributed by atoms with Crippen LogP contribution in [0.4, 0.5) is 0 Å². The van der Waals surface area contributed by atoms with Crippen LogP contribution in [0.2, 0.25) is 0 Å². The van der Waals surface area contributed by atoms with E-state index in [-0.39, 0.29) is 0 Å². The molecule has 0 aromatic carbocycles. The quantitative estimate of drug-likeness (QED) is 0.296. The van der Waals surface area contributed by atoms with E-state index in [2.05, 4.69) is 37.4 Å². The molecule has 2 unspecified atom stereocenters. The number of hydrogen-bond acceptors (Lipinski definition) is 2. The molecule has 1 aliphatic rings. The molecule has 1 fully saturated rings. The fraction of sp³-hybridized carbons (Fsp3) is 1.00. The minimum Gasteiger partial charge on any atom is -0.157 e. The van der Waals surface area contributed by atoms with Crippen LogP contribution in [0, 0.1) is 0 Å². The third-order valence-electron chi connectivity index (χ3n) is 4.79. The first-order chi connectivity index (χ1) is 10.9. The largest absolute Gasteiger partial charge is 0.157 e. The molecule has 0 saturated carbocycles. The summed E-state index contributed by atoms with van der Waals surface area (Å²) in [4.78, 5) is 0. The van der Waals surface area contributed by atoms with Gasteiger partial charge in [-0.25, -0.2) is 0 Å². The van der Waals surface area contributed by atoms with E-state index in [9.17, 15) is 0 Å². The smallest absolute Gasteiger partial charge is 0.0138 e. The Kier molecular flexibility index (Phi) is 14.4. The Hall–Kier alpha value is 0.700. The lowest BCUT2D eigenvalue weighted by Crippen LogP contribution is -2.21. The van der Waals surface area contributed by atoms with E-state index in [1.165, 1.54) is 101 Å². The zero-order chi connectivity index (χ0) is 15.9. The molecule has 0 N–H and O–H groups in total. The molecule has 0 aromatic heterocycles. The van der Waals surface area contributed by atoms with Crippen LogP contribution in [0.3, 0.4) is 0 Å². The Morgan fingerprint density at radius 2 is 0.909 bits per heavy atom. The highest BCUT2D eigenvalue weighted by atomic mass is 32.2. The standard InChI is InChI=1S/C20H40S2/c1-3-5-7-9-11-13-15-19-17-22-20(18-21-19)16-14-12-10-8-6-4-2/h19-20H,3-18H2,1-2H3. The Bertz CT molecular complexity index is 198. The van der Waals surface area contributed by atoms with Gasteiger partial charge in [0, 0.05) is 22.0 Å². The van der Waals surface area contributed by atoms with Crippen molar-refractivity contribution in [3.63, 3.8) is 0 Å². The minimum atomic E-state index is 0.969. The third kappa shape index (κ3) is 11.3. The van der Waals surface area contributed by atoms with E-state index in [1.807, 2.05) is 0 Å². The lowest BCUT2D eigenvalue weighted by Gasteiger charge is -2.27. The first-order valence-corrected chi connectivity index (χ1v) is 12.2. The van der Waals surface area contributed by atoms with E-state index >= 15 is 0 Å². The van der Waals surface area contributed by atoms with Gasteiger partial charge < -0.3 is 0 Å². The molecule has 0 amide bonds. The van der Waals surface area contributed by atoms with Gasteiger partial charge in [-0.3, -0.25) is 0 Å². The Balaban J connectivity index is 1.88. The van der Waals surface area contributed by atoms with Gasteiger partial charge >= 0.3 is 0 Å². The topological polar surface area (TPSA) is 0 Å². The fourth-order valence-corrected chi connectivity index (χ4v) is 6.44. The third-order valence-corrected chi connectivity index (χ3v) is 8.15. The highest BCUT2D eigenvalue weighted by Crippen LogP contribution is 2.35. The van der Waals surface area contributed by atoms with Gasteiger partial charge in [0.1, 0.15) is 0 Å². The van der Waals surface area contributed by atoms with Crippen molar-refractivity contribution in [3.8, 4) is 0 Å². The molecule has 0 spiro atoms. The van der Waals surface area contributed by atoms with Gasteiger partial charge in [-0.2, -0.15) is 23.5 Å².